The van der Waals surface area contributed by atoms with E-state index in [1.165, 1.54) is 17.8 Å². The second-order valence-corrected chi connectivity index (χ2v) is 7.19. The standard InChI is InChI=1S/C16H21N3OS/c1-9-5-6-11(8-10(9)2)19-16(20)15-13(17)14-12(21-15)4-3-7-18-14/h3-4,7,9-11H,5-6,8,17H2,1-2H3,(H,19,20). The van der Waals surface area contributed by atoms with Gasteiger partial charge in [0.2, 0.25) is 0 Å². The molecule has 2 aromatic heterocycles. The number of amides is 1. The molecule has 3 N–H and O–H groups in total. The van der Waals surface area contributed by atoms with Crippen LogP contribution in [0.3, 0.4) is 0 Å². The number of nitrogens with one attached hydrogen (secondary N) is 1. The zero-order chi connectivity index (χ0) is 15.0. The zero-order valence-electron chi connectivity index (χ0n) is 12.4. The molecule has 1 aliphatic rings. The summed E-state index contributed by atoms with van der Waals surface area (Å²) in [5.74, 6) is 1.35. The lowest BCUT2D eigenvalue weighted by atomic mass is 9.79. The third-order valence-electron chi connectivity index (χ3n) is 4.62. The minimum absolute atomic E-state index is 0.0535. The Labute approximate surface area is 128 Å². The molecule has 3 rings (SSSR count). The molecular weight excluding hydrogens is 282 g/mol. The van der Waals surface area contributed by atoms with Crippen LogP contribution in [0.1, 0.15) is 42.8 Å². The Kier molecular flexibility index (Phi) is 3.85. The van der Waals surface area contributed by atoms with Gasteiger partial charge >= 0.3 is 0 Å². The maximum absolute atomic E-state index is 12.5. The van der Waals surface area contributed by atoms with Gasteiger partial charge in [-0.1, -0.05) is 13.8 Å². The first-order valence-electron chi connectivity index (χ1n) is 7.50. The molecule has 0 spiro atoms. The van der Waals surface area contributed by atoms with Crippen molar-refractivity contribution >= 4 is 33.1 Å². The number of rotatable bonds is 2. The quantitative estimate of drug-likeness (QED) is 0.893. The van der Waals surface area contributed by atoms with Crippen molar-refractivity contribution in [3.8, 4) is 0 Å². The van der Waals surface area contributed by atoms with E-state index >= 15 is 0 Å². The van der Waals surface area contributed by atoms with Crippen molar-refractivity contribution in [2.75, 3.05) is 5.73 Å². The minimum Gasteiger partial charge on any atom is -0.396 e. The Morgan fingerprint density at radius 2 is 2.19 bits per heavy atom. The van der Waals surface area contributed by atoms with Crippen LogP contribution in [0, 0.1) is 11.8 Å². The molecule has 3 unspecified atom stereocenters. The number of pyridine rings is 1. The molecule has 3 atom stereocenters. The van der Waals surface area contributed by atoms with Crippen LogP contribution >= 0.6 is 11.3 Å². The van der Waals surface area contributed by atoms with Crippen molar-refractivity contribution in [2.24, 2.45) is 11.8 Å². The van der Waals surface area contributed by atoms with Crippen molar-refractivity contribution in [1.29, 1.82) is 0 Å². The van der Waals surface area contributed by atoms with Gasteiger partial charge in [-0.05, 0) is 43.2 Å². The Hall–Kier alpha value is -1.62. The van der Waals surface area contributed by atoms with E-state index in [2.05, 4.69) is 24.1 Å². The fraction of sp³-hybridized carbons (Fsp3) is 0.500. The van der Waals surface area contributed by atoms with Crippen molar-refractivity contribution in [3.63, 3.8) is 0 Å². The Morgan fingerprint density at radius 3 is 2.90 bits per heavy atom. The summed E-state index contributed by atoms with van der Waals surface area (Å²) in [6.45, 7) is 4.55. The third kappa shape index (κ3) is 2.75. The minimum atomic E-state index is -0.0535. The van der Waals surface area contributed by atoms with Gasteiger partial charge in [0, 0.05) is 12.2 Å². The first-order chi connectivity index (χ1) is 10.1. The summed E-state index contributed by atoms with van der Waals surface area (Å²) in [5.41, 5.74) is 7.32. The number of hydrogen-bond acceptors (Lipinski definition) is 4. The monoisotopic (exact) mass is 303 g/mol. The highest BCUT2D eigenvalue weighted by Gasteiger charge is 2.27. The highest BCUT2D eigenvalue weighted by molar-refractivity contribution is 7.21. The van der Waals surface area contributed by atoms with E-state index in [4.69, 9.17) is 5.73 Å². The molecule has 1 saturated carbocycles. The van der Waals surface area contributed by atoms with Gasteiger partial charge in [-0.15, -0.1) is 11.3 Å². The van der Waals surface area contributed by atoms with Crippen molar-refractivity contribution < 1.29 is 4.79 Å². The Bertz CT molecular complexity index is 667. The third-order valence-corrected chi connectivity index (χ3v) is 5.78. The number of thiophene rings is 1. The fourth-order valence-corrected chi connectivity index (χ4v) is 4.03. The number of nitrogens with zero attached hydrogens (tertiary/aromatic N) is 1. The van der Waals surface area contributed by atoms with E-state index in [9.17, 15) is 4.79 Å². The molecule has 5 heteroatoms. The smallest absolute Gasteiger partial charge is 0.263 e. The van der Waals surface area contributed by atoms with Crippen LogP contribution in [0.4, 0.5) is 5.69 Å². The number of carbonyl (C=O) groups is 1. The van der Waals surface area contributed by atoms with E-state index in [1.807, 2.05) is 12.1 Å². The molecule has 0 radical (unpaired) electrons. The summed E-state index contributed by atoms with van der Waals surface area (Å²) in [6, 6.07) is 4.08. The highest BCUT2D eigenvalue weighted by atomic mass is 32.1. The second kappa shape index (κ2) is 5.64. The number of aromatic nitrogens is 1. The fourth-order valence-electron chi connectivity index (χ4n) is 3.05. The summed E-state index contributed by atoms with van der Waals surface area (Å²) in [4.78, 5) is 17.3. The molecule has 4 nitrogen and oxygen atoms in total. The molecule has 112 valence electrons. The molecule has 0 aromatic carbocycles. The van der Waals surface area contributed by atoms with E-state index in [-0.39, 0.29) is 11.9 Å². The highest BCUT2D eigenvalue weighted by Crippen LogP contribution is 2.33. The molecule has 0 aliphatic heterocycles. The molecule has 21 heavy (non-hydrogen) atoms. The van der Waals surface area contributed by atoms with Gasteiger partial charge in [-0.3, -0.25) is 9.78 Å². The van der Waals surface area contributed by atoms with E-state index in [0.29, 0.717) is 16.5 Å². The number of carbonyl (C=O) groups excluding carboxylic acids is 1. The number of nitrogens with two attached hydrogens (primary N) is 1. The van der Waals surface area contributed by atoms with Crippen LogP contribution in [0.25, 0.3) is 10.2 Å². The molecular formula is C16H21N3OS. The average Bonchev–Trinajstić information content (AvgIpc) is 2.81. The van der Waals surface area contributed by atoms with E-state index < -0.39 is 0 Å². The normalized spacial score (nSPS) is 25.9. The molecule has 2 heterocycles. The summed E-state index contributed by atoms with van der Waals surface area (Å²) >= 11 is 1.42. The number of hydrogen-bond donors (Lipinski definition) is 2. The first kappa shape index (κ1) is 14.3. The van der Waals surface area contributed by atoms with Crippen LogP contribution < -0.4 is 11.1 Å². The molecule has 1 fully saturated rings. The Morgan fingerprint density at radius 1 is 1.38 bits per heavy atom. The van der Waals surface area contributed by atoms with Gasteiger partial charge < -0.3 is 11.1 Å². The van der Waals surface area contributed by atoms with Gasteiger partial charge in [0.05, 0.1) is 10.4 Å². The Balaban J connectivity index is 1.77. The SMILES string of the molecule is CC1CCC(NC(=O)c2sc3cccnc3c2N)CC1C. The lowest BCUT2D eigenvalue weighted by Gasteiger charge is -2.32. The van der Waals surface area contributed by atoms with Crippen LogP contribution in [0.2, 0.25) is 0 Å². The van der Waals surface area contributed by atoms with Crippen LogP contribution in [-0.2, 0) is 0 Å². The number of nitrogen functional groups attached to an aromatic ring is 1. The number of anilines is 1. The summed E-state index contributed by atoms with van der Waals surface area (Å²) in [7, 11) is 0. The molecule has 0 bridgehead atoms. The van der Waals surface area contributed by atoms with E-state index in [0.717, 1.165) is 29.0 Å². The molecule has 0 saturated heterocycles. The average molecular weight is 303 g/mol. The van der Waals surface area contributed by atoms with Crippen LogP contribution in [0.5, 0.6) is 0 Å². The maximum Gasteiger partial charge on any atom is 0.263 e. The lowest BCUT2D eigenvalue weighted by Crippen LogP contribution is -2.39. The zero-order valence-corrected chi connectivity index (χ0v) is 13.2. The van der Waals surface area contributed by atoms with Gasteiger partial charge in [-0.2, -0.15) is 0 Å². The summed E-state index contributed by atoms with van der Waals surface area (Å²) < 4.78 is 0.964. The van der Waals surface area contributed by atoms with Crippen LogP contribution in [-0.4, -0.2) is 16.9 Å². The molecule has 1 aliphatic carbocycles. The number of fused-ring (bicyclic) bond motifs is 1. The van der Waals surface area contributed by atoms with Gasteiger partial charge in [0.25, 0.3) is 5.91 Å². The maximum atomic E-state index is 12.5. The predicted molar refractivity (Wildman–Crippen MR) is 87.5 cm³/mol. The van der Waals surface area contributed by atoms with Gasteiger partial charge in [0.15, 0.2) is 0 Å². The van der Waals surface area contributed by atoms with Crippen molar-refractivity contribution in [3.05, 3.63) is 23.2 Å². The topological polar surface area (TPSA) is 68.0 Å². The summed E-state index contributed by atoms with van der Waals surface area (Å²) in [6.07, 6.45) is 4.99. The first-order valence-corrected chi connectivity index (χ1v) is 8.31. The molecule has 2 aromatic rings. The van der Waals surface area contributed by atoms with Gasteiger partial charge in [-0.25, -0.2) is 0 Å². The largest absolute Gasteiger partial charge is 0.396 e. The van der Waals surface area contributed by atoms with Crippen molar-refractivity contribution in [1.82, 2.24) is 10.3 Å². The van der Waals surface area contributed by atoms with Crippen molar-refractivity contribution in [2.45, 2.75) is 39.2 Å². The van der Waals surface area contributed by atoms with E-state index in [1.54, 1.807) is 6.20 Å². The van der Waals surface area contributed by atoms with Crippen LogP contribution in [0.15, 0.2) is 18.3 Å². The lowest BCUT2D eigenvalue weighted by molar-refractivity contribution is 0.0915. The van der Waals surface area contributed by atoms with Gasteiger partial charge in [0.1, 0.15) is 10.4 Å². The predicted octanol–water partition coefficient (Wildman–Crippen LogP) is 3.43. The summed E-state index contributed by atoms with van der Waals surface area (Å²) in [5, 5.41) is 3.15. The second-order valence-electron chi connectivity index (χ2n) is 6.13. The molecule has 1 amide bonds.